The van der Waals surface area contributed by atoms with Crippen molar-refractivity contribution < 1.29 is 17.9 Å². The summed E-state index contributed by atoms with van der Waals surface area (Å²) in [6.07, 6.45) is 0.163. The van der Waals surface area contributed by atoms with Gasteiger partial charge in [-0.3, -0.25) is 4.79 Å². The number of benzene rings is 2. The summed E-state index contributed by atoms with van der Waals surface area (Å²) in [7, 11) is -1.51. The van der Waals surface area contributed by atoms with Crippen molar-refractivity contribution >= 4 is 50.0 Å². The molecule has 9 heteroatoms. The maximum atomic E-state index is 12.6. The molecule has 2 aromatic rings. The molecule has 0 unspecified atom stereocenters. The van der Waals surface area contributed by atoms with Gasteiger partial charge in [0.2, 0.25) is 0 Å². The zero-order valence-corrected chi connectivity index (χ0v) is 18.0. The molecule has 1 amide bonds. The molecule has 2 atom stereocenters. The van der Waals surface area contributed by atoms with Gasteiger partial charge >= 0.3 is 0 Å². The third kappa shape index (κ3) is 4.44. The number of halogens is 1. The average Bonchev–Trinajstić information content (AvgIpc) is 3.14. The van der Waals surface area contributed by atoms with Crippen LogP contribution in [0.2, 0.25) is 5.02 Å². The molecule has 0 radical (unpaired) electrons. The van der Waals surface area contributed by atoms with Crippen molar-refractivity contribution in [3.8, 4) is 5.75 Å². The van der Waals surface area contributed by atoms with Gasteiger partial charge in [0.1, 0.15) is 5.75 Å². The van der Waals surface area contributed by atoms with Crippen LogP contribution < -0.4 is 9.64 Å². The Hall–Kier alpha value is -2.03. The predicted molar refractivity (Wildman–Crippen MR) is 117 cm³/mol. The van der Waals surface area contributed by atoms with Crippen LogP contribution in [0.1, 0.15) is 5.56 Å². The smallest absolute Gasteiger partial charge is 0.252 e. The number of hydrogen-bond acceptors (Lipinski definition) is 5. The fourth-order valence-corrected chi connectivity index (χ4v) is 7.59. The Bertz CT molecular complexity index is 1050. The highest BCUT2D eigenvalue weighted by Gasteiger charge is 2.49. The molecule has 0 aromatic heterocycles. The Morgan fingerprint density at radius 1 is 1.17 bits per heavy atom. The molecule has 2 aromatic carbocycles. The summed E-state index contributed by atoms with van der Waals surface area (Å²) in [6.45, 7) is 0. The van der Waals surface area contributed by atoms with Gasteiger partial charge in [-0.1, -0.05) is 35.5 Å². The van der Waals surface area contributed by atoms with E-state index in [4.69, 9.17) is 16.3 Å². The number of fused-ring (bicyclic) bond motifs is 1. The van der Waals surface area contributed by atoms with E-state index >= 15 is 0 Å². The number of hydrogen-bond donors (Lipinski definition) is 0. The first-order valence-electron chi connectivity index (χ1n) is 9.01. The van der Waals surface area contributed by atoms with Crippen LogP contribution in [0.25, 0.3) is 0 Å². The lowest BCUT2D eigenvalue weighted by Gasteiger charge is -2.24. The van der Waals surface area contributed by atoms with E-state index < -0.39 is 9.84 Å². The highest BCUT2D eigenvalue weighted by Crippen LogP contribution is 2.41. The average molecular weight is 451 g/mol. The molecule has 4 rings (SSSR count). The number of methoxy groups -OCH3 is 1. The zero-order chi connectivity index (χ0) is 20.6. The molecule has 2 saturated heterocycles. The van der Waals surface area contributed by atoms with E-state index in [0.29, 0.717) is 10.2 Å². The number of nitrogens with zero attached hydrogens (tertiary/aromatic N) is 2. The Kier molecular flexibility index (Phi) is 5.59. The Morgan fingerprint density at radius 3 is 2.52 bits per heavy atom. The van der Waals surface area contributed by atoms with Crippen LogP contribution >= 0.6 is 23.4 Å². The topological polar surface area (TPSA) is 76.0 Å². The van der Waals surface area contributed by atoms with Gasteiger partial charge in [0.25, 0.3) is 5.91 Å². The fraction of sp³-hybridized carbons (Fsp3) is 0.300. The number of ether oxygens (including phenoxy) is 1. The van der Waals surface area contributed by atoms with Crippen LogP contribution in [0.5, 0.6) is 5.75 Å². The van der Waals surface area contributed by atoms with E-state index in [1.54, 1.807) is 31.4 Å². The summed E-state index contributed by atoms with van der Waals surface area (Å²) in [6, 6.07) is 14.2. The fourth-order valence-electron chi connectivity index (χ4n) is 3.53. The van der Waals surface area contributed by atoms with Gasteiger partial charge in [-0.25, -0.2) is 8.42 Å². The Labute approximate surface area is 178 Å². The number of thioether (sulfide) groups is 1. The van der Waals surface area contributed by atoms with Crippen molar-refractivity contribution in [3.05, 3.63) is 59.1 Å². The number of carbonyl (C=O) groups is 1. The molecule has 2 fully saturated rings. The third-order valence-corrected chi connectivity index (χ3v) is 8.37. The predicted octanol–water partition coefficient (Wildman–Crippen LogP) is 3.19. The SMILES string of the molecule is COc1ccc(CC(=O)N=C2S[C@@H]3CS(=O)(=O)C[C@@H]3N2c2ccc(Cl)cc2)cc1. The lowest BCUT2D eigenvalue weighted by molar-refractivity contribution is -0.117. The number of amidine groups is 1. The number of amides is 1. The number of sulfone groups is 1. The lowest BCUT2D eigenvalue weighted by Crippen LogP contribution is -2.37. The second-order valence-electron chi connectivity index (χ2n) is 6.96. The second kappa shape index (κ2) is 8.01. The minimum atomic E-state index is -3.10. The Morgan fingerprint density at radius 2 is 1.86 bits per heavy atom. The largest absolute Gasteiger partial charge is 0.497 e. The normalized spacial score (nSPS) is 23.9. The van der Waals surface area contributed by atoms with E-state index in [9.17, 15) is 13.2 Å². The number of carbonyl (C=O) groups excluding carboxylic acids is 1. The van der Waals surface area contributed by atoms with Gasteiger partial charge in [0.15, 0.2) is 15.0 Å². The van der Waals surface area contributed by atoms with Gasteiger partial charge < -0.3 is 9.64 Å². The van der Waals surface area contributed by atoms with Crippen molar-refractivity contribution in [1.82, 2.24) is 0 Å². The monoisotopic (exact) mass is 450 g/mol. The minimum absolute atomic E-state index is 0.0545. The maximum Gasteiger partial charge on any atom is 0.252 e. The van der Waals surface area contributed by atoms with Crippen molar-refractivity contribution in [2.75, 3.05) is 23.5 Å². The minimum Gasteiger partial charge on any atom is -0.497 e. The summed E-state index contributed by atoms with van der Waals surface area (Å²) >= 11 is 7.35. The van der Waals surface area contributed by atoms with Crippen molar-refractivity contribution in [1.29, 1.82) is 0 Å². The summed E-state index contributed by atoms with van der Waals surface area (Å²) in [5.41, 5.74) is 1.62. The summed E-state index contributed by atoms with van der Waals surface area (Å²) in [4.78, 5) is 18.8. The van der Waals surface area contributed by atoms with Crippen LogP contribution in [-0.2, 0) is 21.1 Å². The van der Waals surface area contributed by atoms with Crippen molar-refractivity contribution in [3.63, 3.8) is 0 Å². The van der Waals surface area contributed by atoms with Crippen LogP contribution in [0.15, 0.2) is 53.5 Å². The molecule has 0 aliphatic carbocycles. The van der Waals surface area contributed by atoms with E-state index in [1.807, 2.05) is 29.2 Å². The molecule has 2 aliphatic heterocycles. The van der Waals surface area contributed by atoms with Gasteiger partial charge in [0, 0.05) is 16.0 Å². The van der Waals surface area contributed by atoms with Gasteiger partial charge in [-0.2, -0.15) is 4.99 Å². The first kappa shape index (κ1) is 20.3. The summed E-state index contributed by atoms with van der Waals surface area (Å²) in [5.74, 6) is 0.596. The second-order valence-corrected chi connectivity index (χ2v) is 10.8. The maximum absolute atomic E-state index is 12.6. The van der Waals surface area contributed by atoms with Crippen molar-refractivity contribution in [2.45, 2.75) is 17.7 Å². The molecule has 6 nitrogen and oxygen atoms in total. The lowest BCUT2D eigenvalue weighted by atomic mass is 10.1. The van der Waals surface area contributed by atoms with E-state index in [2.05, 4.69) is 4.99 Å². The molecule has 2 aliphatic rings. The molecule has 0 bridgehead atoms. The highest BCUT2D eigenvalue weighted by atomic mass is 35.5. The van der Waals surface area contributed by atoms with Crippen LogP contribution in [0, 0.1) is 0 Å². The van der Waals surface area contributed by atoms with Crippen molar-refractivity contribution in [2.24, 2.45) is 4.99 Å². The molecule has 29 heavy (non-hydrogen) atoms. The number of anilines is 1. The number of rotatable bonds is 4. The molecule has 0 saturated carbocycles. The van der Waals surface area contributed by atoms with Crippen LogP contribution in [0.4, 0.5) is 5.69 Å². The molecular weight excluding hydrogens is 432 g/mol. The first-order valence-corrected chi connectivity index (χ1v) is 12.1. The number of aliphatic imine (C=N–C) groups is 1. The summed E-state index contributed by atoms with van der Waals surface area (Å²) < 4.78 is 29.4. The van der Waals surface area contributed by atoms with Crippen LogP contribution in [0.3, 0.4) is 0 Å². The molecular formula is C20H19ClN2O4S2. The molecule has 152 valence electrons. The molecule has 2 heterocycles. The van der Waals surface area contributed by atoms with Gasteiger partial charge in [-0.05, 0) is 42.0 Å². The molecule has 0 N–H and O–H groups in total. The third-order valence-electron chi connectivity index (χ3n) is 4.91. The standard InChI is InChI=1S/C20H19ClN2O4S2/c1-27-16-8-2-13(3-9-16)10-19(24)22-20-23(15-6-4-14(21)5-7-15)17-11-29(25,26)12-18(17)28-20/h2-9,17-18H,10-12H2,1H3/t17-,18+/m0/s1. The quantitative estimate of drug-likeness (QED) is 0.712. The van der Waals surface area contributed by atoms with E-state index in [-0.39, 0.29) is 35.1 Å². The van der Waals surface area contributed by atoms with Crippen LogP contribution in [-0.4, -0.2) is 49.4 Å². The summed E-state index contributed by atoms with van der Waals surface area (Å²) in [5, 5.41) is 0.990. The highest BCUT2D eigenvalue weighted by molar-refractivity contribution is 8.16. The zero-order valence-electron chi connectivity index (χ0n) is 15.6. The van der Waals surface area contributed by atoms with E-state index in [1.165, 1.54) is 11.8 Å². The Balaban J connectivity index is 1.60. The van der Waals surface area contributed by atoms with E-state index in [0.717, 1.165) is 17.0 Å². The van der Waals surface area contributed by atoms with Gasteiger partial charge in [-0.15, -0.1) is 0 Å². The molecule has 0 spiro atoms. The van der Waals surface area contributed by atoms with Gasteiger partial charge in [0.05, 0.1) is 31.1 Å². The first-order chi connectivity index (χ1) is 13.8.